The van der Waals surface area contributed by atoms with Gasteiger partial charge in [-0.25, -0.2) is 4.98 Å². The fourth-order valence-electron chi connectivity index (χ4n) is 4.38. The smallest absolute Gasteiger partial charge is 0.169 e. The van der Waals surface area contributed by atoms with E-state index >= 15 is 0 Å². The second-order valence-electron chi connectivity index (χ2n) is 7.44. The van der Waals surface area contributed by atoms with Crippen LogP contribution in [0.25, 0.3) is 16.9 Å². The number of pyridine rings is 1. The van der Waals surface area contributed by atoms with Crippen LogP contribution in [0.15, 0.2) is 18.3 Å². The van der Waals surface area contributed by atoms with E-state index in [-0.39, 0.29) is 0 Å². The molecule has 0 amide bonds. The van der Waals surface area contributed by atoms with Gasteiger partial charge in [0.15, 0.2) is 17.3 Å². The Hall–Kier alpha value is -2.61. The van der Waals surface area contributed by atoms with Crippen molar-refractivity contribution in [3.63, 3.8) is 0 Å². The average Bonchev–Trinajstić information content (AvgIpc) is 3.37. The van der Waals surface area contributed by atoms with Gasteiger partial charge < -0.3 is 15.4 Å². The van der Waals surface area contributed by atoms with Gasteiger partial charge in [0.25, 0.3) is 0 Å². The highest BCUT2D eigenvalue weighted by Crippen LogP contribution is 2.40. The normalized spacial score (nSPS) is 19.0. The van der Waals surface area contributed by atoms with Crippen molar-refractivity contribution in [1.82, 2.24) is 25.0 Å². The first-order chi connectivity index (χ1) is 13.3. The second-order valence-corrected chi connectivity index (χ2v) is 7.44. The Labute approximate surface area is 157 Å². The zero-order valence-electron chi connectivity index (χ0n) is 15.4. The standard InChI is InChI=1S/C19H25N7O/c20-18-17-14(13-4-2-1-3-5-13)12-16(25-8-10-27-11-9-25)22-19(17)26(24-18)15-6-7-21-23-15/h6-7,12-13H,1-5,8-11H2,(H2,20,24)(H,21,23). The van der Waals surface area contributed by atoms with Crippen LogP contribution in [0, 0.1) is 0 Å². The lowest BCUT2D eigenvalue weighted by atomic mass is 9.83. The summed E-state index contributed by atoms with van der Waals surface area (Å²) in [5, 5.41) is 12.6. The number of nitrogens with zero attached hydrogens (tertiary/aromatic N) is 5. The first-order valence-electron chi connectivity index (χ1n) is 9.83. The van der Waals surface area contributed by atoms with Crippen LogP contribution >= 0.6 is 0 Å². The van der Waals surface area contributed by atoms with Crippen molar-refractivity contribution in [1.29, 1.82) is 0 Å². The summed E-state index contributed by atoms with van der Waals surface area (Å²) in [6.45, 7) is 3.19. The number of nitrogens with two attached hydrogens (primary N) is 1. The quantitative estimate of drug-likeness (QED) is 0.738. The highest BCUT2D eigenvalue weighted by Gasteiger charge is 2.25. The van der Waals surface area contributed by atoms with E-state index in [9.17, 15) is 0 Å². The molecule has 5 rings (SSSR count). The van der Waals surface area contributed by atoms with Crippen LogP contribution < -0.4 is 10.6 Å². The van der Waals surface area contributed by atoms with Crippen molar-refractivity contribution in [2.45, 2.75) is 38.0 Å². The van der Waals surface area contributed by atoms with Crippen molar-refractivity contribution in [2.75, 3.05) is 36.9 Å². The second kappa shape index (κ2) is 6.84. The van der Waals surface area contributed by atoms with E-state index in [1.807, 2.05) is 6.07 Å². The molecule has 1 saturated heterocycles. The first-order valence-corrected chi connectivity index (χ1v) is 9.83. The molecule has 0 bridgehead atoms. The number of anilines is 2. The summed E-state index contributed by atoms with van der Waals surface area (Å²) in [7, 11) is 0. The molecule has 8 nitrogen and oxygen atoms in total. The Balaban J connectivity index is 1.70. The van der Waals surface area contributed by atoms with Gasteiger partial charge >= 0.3 is 0 Å². The maximum Gasteiger partial charge on any atom is 0.169 e. The molecule has 2 aliphatic rings. The van der Waals surface area contributed by atoms with Crippen LogP contribution in [-0.4, -0.2) is 51.3 Å². The van der Waals surface area contributed by atoms with E-state index in [1.54, 1.807) is 10.9 Å². The van der Waals surface area contributed by atoms with Crippen molar-refractivity contribution >= 4 is 22.7 Å². The third-order valence-electron chi connectivity index (χ3n) is 5.78. The molecule has 0 radical (unpaired) electrons. The van der Waals surface area contributed by atoms with Crippen LogP contribution in [0.5, 0.6) is 0 Å². The summed E-state index contributed by atoms with van der Waals surface area (Å²) >= 11 is 0. The molecule has 0 aromatic carbocycles. The molecule has 0 spiro atoms. The summed E-state index contributed by atoms with van der Waals surface area (Å²) in [4.78, 5) is 7.28. The van der Waals surface area contributed by atoms with E-state index < -0.39 is 0 Å². The average molecular weight is 367 g/mol. The van der Waals surface area contributed by atoms with Gasteiger partial charge in [-0.1, -0.05) is 19.3 Å². The van der Waals surface area contributed by atoms with Crippen LogP contribution in [0.4, 0.5) is 11.6 Å². The number of aromatic nitrogens is 5. The number of rotatable bonds is 3. The van der Waals surface area contributed by atoms with Gasteiger partial charge in [-0.05, 0) is 30.4 Å². The van der Waals surface area contributed by atoms with Crippen LogP contribution in [-0.2, 0) is 4.74 Å². The first kappa shape index (κ1) is 16.6. The molecule has 1 saturated carbocycles. The maximum absolute atomic E-state index is 6.38. The number of ether oxygens (including phenoxy) is 1. The topological polar surface area (TPSA) is 97.9 Å². The number of H-pyrrole nitrogens is 1. The summed E-state index contributed by atoms with van der Waals surface area (Å²) in [6, 6.07) is 4.13. The third kappa shape index (κ3) is 2.93. The number of hydrogen-bond acceptors (Lipinski definition) is 6. The summed E-state index contributed by atoms with van der Waals surface area (Å²) in [5.41, 5.74) is 8.48. The number of morpholine rings is 1. The lowest BCUT2D eigenvalue weighted by Crippen LogP contribution is -2.36. The van der Waals surface area contributed by atoms with Crippen molar-refractivity contribution in [2.24, 2.45) is 0 Å². The largest absolute Gasteiger partial charge is 0.382 e. The maximum atomic E-state index is 6.38. The SMILES string of the molecule is Nc1nn(-c2ccn[nH]2)c2nc(N3CCOCC3)cc(C3CCCCC3)c12. The number of nitrogens with one attached hydrogen (secondary N) is 1. The zero-order chi connectivity index (χ0) is 18.2. The van der Waals surface area contributed by atoms with Gasteiger partial charge in [-0.15, -0.1) is 5.10 Å². The summed E-state index contributed by atoms with van der Waals surface area (Å²) in [5.74, 6) is 2.83. The predicted molar refractivity (Wildman–Crippen MR) is 104 cm³/mol. The summed E-state index contributed by atoms with van der Waals surface area (Å²) < 4.78 is 7.31. The molecular weight excluding hydrogens is 342 g/mol. The number of fused-ring (bicyclic) bond motifs is 1. The fraction of sp³-hybridized carbons (Fsp3) is 0.526. The van der Waals surface area contributed by atoms with Gasteiger partial charge in [0, 0.05) is 19.2 Å². The molecule has 4 heterocycles. The predicted octanol–water partition coefficient (Wildman–Crippen LogP) is 2.61. The van der Waals surface area contributed by atoms with Crippen LogP contribution in [0.2, 0.25) is 0 Å². The summed E-state index contributed by atoms with van der Waals surface area (Å²) in [6.07, 6.45) is 8.00. The van der Waals surface area contributed by atoms with Gasteiger partial charge in [-0.2, -0.15) is 9.78 Å². The molecule has 8 heteroatoms. The molecule has 2 fully saturated rings. The molecule has 0 unspecified atom stereocenters. The van der Waals surface area contributed by atoms with E-state index in [1.165, 1.54) is 37.7 Å². The Bertz CT molecular complexity index is 921. The Kier molecular flexibility index (Phi) is 4.20. The van der Waals surface area contributed by atoms with Gasteiger partial charge in [-0.3, -0.25) is 5.10 Å². The van der Waals surface area contributed by atoms with E-state index in [4.69, 9.17) is 15.5 Å². The zero-order valence-corrected chi connectivity index (χ0v) is 15.4. The molecule has 27 heavy (non-hydrogen) atoms. The Morgan fingerprint density at radius 2 is 1.96 bits per heavy atom. The third-order valence-corrected chi connectivity index (χ3v) is 5.78. The molecular formula is C19H25N7O. The molecule has 142 valence electrons. The van der Waals surface area contributed by atoms with Gasteiger partial charge in [0.05, 0.1) is 24.8 Å². The molecule has 1 aliphatic heterocycles. The number of nitrogen functional groups attached to an aromatic ring is 1. The molecule has 1 aliphatic carbocycles. The molecule has 0 atom stereocenters. The van der Waals surface area contributed by atoms with E-state index in [0.29, 0.717) is 11.7 Å². The van der Waals surface area contributed by atoms with E-state index in [0.717, 1.165) is 49.0 Å². The molecule has 3 aromatic rings. The minimum atomic E-state index is 0.519. The fourth-order valence-corrected chi connectivity index (χ4v) is 4.38. The lowest BCUT2D eigenvalue weighted by Gasteiger charge is -2.29. The lowest BCUT2D eigenvalue weighted by molar-refractivity contribution is 0.122. The highest BCUT2D eigenvalue weighted by atomic mass is 16.5. The Morgan fingerprint density at radius 1 is 1.15 bits per heavy atom. The molecule has 3 N–H and O–H groups in total. The number of hydrogen-bond donors (Lipinski definition) is 2. The van der Waals surface area contributed by atoms with E-state index in [2.05, 4.69) is 26.3 Å². The minimum absolute atomic E-state index is 0.519. The number of aromatic amines is 1. The van der Waals surface area contributed by atoms with Crippen LogP contribution in [0.1, 0.15) is 43.6 Å². The van der Waals surface area contributed by atoms with Crippen molar-refractivity contribution in [3.05, 3.63) is 23.9 Å². The van der Waals surface area contributed by atoms with Gasteiger partial charge in [0.2, 0.25) is 0 Å². The van der Waals surface area contributed by atoms with Gasteiger partial charge in [0.1, 0.15) is 5.82 Å². The Morgan fingerprint density at radius 3 is 2.70 bits per heavy atom. The minimum Gasteiger partial charge on any atom is -0.382 e. The van der Waals surface area contributed by atoms with Crippen LogP contribution in [0.3, 0.4) is 0 Å². The highest BCUT2D eigenvalue weighted by molar-refractivity contribution is 5.92. The molecule has 3 aromatic heterocycles. The monoisotopic (exact) mass is 367 g/mol. The van der Waals surface area contributed by atoms with Crippen molar-refractivity contribution < 1.29 is 4.74 Å². The van der Waals surface area contributed by atoms with Crippen molar-refractivity contribution in [3.8, 4) is 5.82 Å².